The minimum atomic E-state index is 0.546. The molecular weight excluding hydrogens is 256 g/mol. The van der Waals surface area contributed by atoms with Crippen LogP contribution in [0.5, 0.6) is 0 Å². The highest BCUT2D eigenvalue weighted by atomic mass is 32.1. The molecule has 0 atom stereocenters. The second kappa shape index (κ2) is 5.25. The molecule has 2 heterocycles. The summed E-state index contributed by atoms with van der Waals surface area (Å²) < 4.78 is 0. The molecule has 0 spiro atoms. The molecule has 1 saturated carbocycles. The largest absolute Gasteiger partial charge is 0.356 e. The van der Waals surface area contributed by atoms with Crippen molar-refractivity contribution in [3.8, 4) is 0 Å². The van der Waals surface area contributed by atoms with Crippen LogP contribution < -0.4 is 4.90 Å². The van der Waals surface area contributed by atoms with Crippen LogP contribution >= 0.6 is 12.6 Å². The van der Waals surface area contributed by atoms with Gasteiger partial charge in [0, 0.05) is 19.3 Å². The Bertz CT molecular complexity index is 594. The maximum absolute atomic E-state index is 4.46. The van der Waals surface area contributed by atoms with E-state index in [1.54, 1.807) is 6.33 Å². The Hall–Kier alpha value is -1.49. The predicted molar refractivity (Wildman–Crippen MR) is 81.6 cm³/mol. The van der Waals surface area contributed by atoms with Gasteiger partial charge in [-0.15, -0.1) is 0 Å². The van der Waals surface area contributed by atoms with Crippen LogP contribution in [0, 0.1) is 0 Å². The number of H-pyrrole nitrogens is 1. The van der Waals surface area contributed by atoms with Gasteiger partial charge in [0.25, 0.3) is 0 Å². The van der Waals surface area contributed by atoms with Gasteiger partial charge in [0.15, 0.2) is 0 Å². The number of hydrogen-bond donors (Lipinski definition) is 2. The first-order valence-corrected chi connectivity index (χ1v) is 7.14. The normalized spacial score (nSPS) is 19.7. The fourth-order valence-corrected chi connectivity index (χ4v) is 3.06. The van der Waals surface area contributed by atoms with Crippen molar-refractivity contribution < 1.29 is 0 Å². The second-order valence-electron chi connectivity index (χ2n) is 5.07. The van der Waals surface area contributed by atoms with E-state index < -0.39 is 0 Å². The number of hydrogen-bond acceptors (Lipinski definition) is 4. The molecule has 4 nitrogen and oxygen atoms in total. The van der Waals surface area contributed by atoms with E-state index in [-0.39, 0.29) is 0 Å². The van der Waals surface area contributed by atoms with Crippen molar-refractivity contribution >= 4 is 29.5 Å². The average molecular weight is 274 g/mol. The zero-order chi connectivity index (χ0) is 13.2. The summed E-state index contributed by atoms with van der Waals surface area (Å²) in [5, 5.41) is 3.06. The monoisotopic (exact) mass is 274 g/mol. The lowest BCUT2D eigenvalue weighted by Gasteiger charge is -2.33. The molecule has 0 bridgehead atoms. The van der Waals surface area contributed by atoms with Crippen LogP contribution in [0.2, 0.25) is 0 Å². The highest BCUT2D eigenvalue weighted by Crippen LogP contribution is 2.31. The first kappa shape index (κ1) is 12.5. The van der Waals surface area contributed by atoms with Gasteiger partial charge < -0.3 is 9.88 Å². The summed E-state index contributed by atoms with van der Waals surface area (Å²) in [5.41, 5.74) is 2.37. The summed E-state index contributed by atoms with van der Waals surface area (Å²) in [6.45, 7) is 0. The van der Waals surface area contributed by atoms with E-state index in [1.165, 1.54) is 18.4 Å². The molecule has 1 fully saturated rings. The van der Waals surface area contributed by atoms with E-state index in [9.17, 15) is 0 Å². The predicted octanol–water partition coefficient (Wildman–Crippen LogP) is 3.15. The molecule has 0 aromatic carbocycles. The third-order valence-corrected chi connectivity index (χ3v) is 4.36. The zero-order valence-electron chi connectivity index (χ0n) is 11.0. The molecule has 0 radical (unpaired) electrons. The molecule has 0 amide bonds. The van der Waals surface area contributed by atoms with Crippen LogP contribution in [0.4, 0.5) is 5.82 Å². The third kappa shape index (κ3) is 2.34. The fourth-order valence-electron chi connectivity index (χ4n) is 2.80. The molecule has 1 aliphatic rings. The molecular formula is C14H18N4S. The SMILES string of the molecule is CN(c1ncnc2[nH]ccc12)C1CCC(=CS)CC1. The van der Waals surface area contributed by atoms with Crippen LogP contribution in [0.25, 0.3) is 11.0 Å². The summed E-state index contributed by atoms with van der Waals surface area (Å²) in [4.78, 5) is 14.1. The Morgan fingerprint density at radius 3 is 2.89 bits per heavy atom. The summed E-state index contributed by atoms with van der Waals surface area (Å²) in [6, 6.07) is 2.59. The lowest BCUT2D eigenvalue weighted by Crippen LogP contribution is -2.34. The minimum absolute atomic E-state index is 0.546. The highest BCUT2D eigenvalue weighted by Gasteiger charge is 2.22. The van der Waals surface area contributed by atoms with Gasteiger partial charge in [-0.2, -0.15) is 12.6 Å². The number of anilines is 1. The van der Waals surface area contributed by atoms with Gasteiger partial charge in [-0.1, -0.05) is 5.57 Å². The Labute approximate surface area is 118 Å². The van der Waals surface area contributed by atoms with Crippen molar-refractivity contribution in [2.24, 2.45) is 0 Å². The van der Waals surface area contributed by atoms with Crippen LogP contribution in [0.3, 0.4) is 0 Å². The zero-order valence-corrected chi connectivity index (χ0v) is 11.9. The Morgan fingerprint density at radius 2 is 2.16 bits per heavy atom. The summed E-state index contributed by atoms with van der Waals surface area (Å²) in [6.07, 6.45) is 8.16. The van der Waals surface area contributed by atoms with Gasteiger partial charge >= 0.3 is 0 Å². The van der Waals surface area contributed by atoms with E-state index in [2.05, 4.69) is 39.5 Å². The highest BCUT2D eigenvalue weighted by molar-refractivity contribution is 7.83. The van der Waals surface area contributed by atoms with Gasteiger partial charge in [-0.25, -0.2) is 9.97 Å². The van der Waals surface area contributed by atoms with Crippen molar-refractivity contribution in [2.45, 2.75) is 31.7 Å². The lowest BCUT2D eigenvalue weighted by atomic mass is 9.91. The average Bonchev–Trinajstić information content (AvgIpc) is 2.95. The first-order valence-electron chi connectivity index (χ1n) is 6.62. The van der Waals surface area contributed by atoms with E-state index in [0.29, 0.717) is 6.04 Å². The number of rotatable bonds is 2. The number of nitrogens with one attached hydrogen (secondary N) is 1. The molecule has 2 aromatic heterocycles. The van der Waals surface area contributed by atoms with E-state index in [0.717, 1.165) is 29.7 Å². The van der Waals surface area contributed by atoms with E-state index in [4.69, 9.17) is 0 Å². The lowest BCUT2D eigenvalue weighted by molar-refractivity contribution is 0.489. The maximum Gasteiger partial charge on any atom is 0.142 e. The summed E-state index contributed by atoms with van der Waals surface area (Å²) in [7, 11) is 2.13. The van der Waals surface area contributed by atoms with Crippen LogP contribution in [-0.2, 0) is 0 Å². The summed E-state index contributed by atoms with van der Waals surface area (Å²) >= 11 is 4.25. The van der Waals surface area contributed by atoms with Gasteiger partial charge in [0.05, 0.1) is 5.39 Å². The van der Waals surface area contributed by atoms with Crippen molar-refractivity contribution in [3.63, 3.8) is 0 Å². The molecule has 19 heavy (non-hydrogen) atoms. The molecule has 100 valence electrons. The number of allylic oxidation sites excluding steroid dienone is 1. The van der Waals surface area contributed by atoms with Crippen molar-refractivity contribution in [1.29, 1.82) is 0 Å². The number of aromatic nitrogens is 3. The second-order valence-corrected chi connectivity index (χ2v) is 5.32. The topological polar surface area (TPSA) is 44.8 Å². The smallest absolute Gasteiger partial charge is 0.142 e. The number of aromatic amines is 1. The quantitative estimate of drug-likeness (QED) is 0.827. The van der Waals surface area contributed by atoms with Crippen molar-refractivity contribution in [1.82, 2.24) is 15.0 Å². The number of nitrogens with zero attached hydrogens (tertiary/aromatic N) is 3. The molecule has 0 aliphatic heterocycles. The molecule has 3 rings (SSSR count). The van der Waals surface area contributed by atoms with Gasteiger partial charge in [-0.3, -0.25) is 0 Å². The molecule has 5 heteroatoms. The number of fused-ring (bicyclic) bond motifs is 1. The van der Waals surface area contributed by atoms with E-state index in [1.807, 2.05) is 17.7 Å². The van der Waals surface area contributed by atoms with Crippen LogP contribution in [0.1, 0.15) is 25.7 Å². The van der Waals surface area contributed by atoms with Crippen LogP contribution in [0.15, 0.2) is 29.6 Å². The van der Waals surface area contributed by atoms with E-state index >= 15 is 0 Å². The van der Waals surface area contributed by atoms with Crippen LogP contribution in [-0.4, -0.2) is 28.0 Å². The molecule has 0 saturated heterocycles. The maximum atomic E-state index is 4.46. The third-order valence-electron chi connectivity index (χ3n) is 3.99. The first-order chi connectivity index (χ1) is 9.29. The Balaban J connectivity index is 1.84. The Morgan fingerprint density at radius 1 is 1.37 bits per heavy atom. The van der Waals surface area contributed by atoms with Crippen molar-refractivity contribution in [2.75, 3.05) is 11.9 Å². The molecule has 1 N–H and O–H groups in total. The summed E-state index contributed by atoms with van der Waals surface area (Å²) in [5.74, 6) is 1.02. The molecule has 1 aliphatic carbocycles. The Kier molecular flexibility index (Phi) is 3.46. The minimum Gasteiger partial charge on any atom is -0.356 e. The van der Waals surface area contributed by atoms with Gasteiger partial charge in [-0.05, 0) is 37.2 Å². The molecule has 0 unspecified atom stereocenters. The standard InChI is InChI=1S/C14H18N4S/c1-18(11-4-2-10(8-19)3-5-11)14-12-6-7-15-13(12)16-9-17-14/h6-9,11,19H,2-5H2,1H3,(H,15,16,17). The molecule has 2 aromatic rings. The van der Waals surface area contributed by atoms with Crippen molar-refractivity contribution in [3.05, 3.63) is 29.6 Å². The van der Waals surface area contributed by atoms with Gasteiger partial charge in [0.2, 0.25) is 0 Å². The van der Waals surface area contributed by atoms with Gasteiger partial charge in [0.1, 0.15) is 17.8 Å². The number of thiol groups is 1. The fraction of sp³-hybridized carbons (Fsp3) is 0.429.